The summed E-state index contributed by atoms with van der Waals surface area (Å²) in [5.74, 6) is 3.11. The van der Waals surface area contributed by atoms with Crippen LogP contribution in [0.5, 0.6) is 0 Å². The normalized spacial score (nSPS) is 20.6. The van der Waals surface area contributed by atoms with Gasteiger partial charge in [-0.25, -0.2) is 4.98 Å². The molecular formula is C12H17N3O2S. The number of hydrogen-bond acceptors (Lipinski definition) is 5. The summed E-state index contributed by atoms with van der Waals surface area (Å²) in [4.78, 5) is 16.9. The molecule has 1 aromatic rings. The van der Waals surface area contributed by atoms with Crippen molar-refractivity contribution in [3.63, 3.8) is 0 Å². The molecule has 2 heterocycles. The Hall–Kier alpha value is -1.30. The fourth-order valence-corrected chi connectivity index (χ4v) is 3.16. The zero-order chi connectivity index (χ0) is 13.1. The van der Waals surface area contributed by atoms with Gasteiger partial charge in [0, 0.05) is 23.9 Å². The highest BCUT2D eigenvalue weighted by molar-refractivity contribution is 7.99. The molecule has 1 saturated heterocycles. The first-order valence-electron chi connectivity index (χ1n) is 6.05. The van der Waals surface area contributed by atoms with Crippen molar-refractivity contribution in [2.75, 3.05) is 23.0 Å². The highest BCUT2D eigenvalue weighted by Crippen LogP contribution is 2.25. The predicted octanol–water partition coefficient (Wildman–Crippen LogP) is 2.63. The van der Waals surface area contributed by atoms with E-state index in [0.29, 0.717) is 11.6 Å². The lowest BCUT2D eigenvalue weighted by Crippen LogP contribution is -2.34. The van der Waals surface area contributed by atoms with Crippen molar-refractivity contribution in [1.29, 1.82) is 0 Å². The maximum Gasteiger partial charge on any atom is 0.290 e. The van der Waals surface area contributed by atoms with Crippen LogP contribution in [-0.4, -0.2) is 34.0 Å². The standard InChI is InChI=1S/C12H17N3O2S/c1-9-7-12(13-8-11(9)15(16)17)14-4-6-18-5-3-10(14)2/h7-8,10H,3-6H2,1-2H3. The summed E-state index contributed by atoms with van der Waals surface area (Å²) in [6, 6.07) is 2.26. The van der Waals surface area contributed by atoms with Crippen molar-refractivity contribution in [1.82, 2.24) is 4.98 Å². The topological polar surface area (TPSA) is 59.3 Å². The van der Waals surface area contributed by atoms with Gasteiger partial charge in [0.05, 0.1) is 4.92 Å². The first-order chi connectivity index (χ1) is 8.59. The molecule has 0 radical (unpaired) electrons. The molecular weight excluding hydrogens is 250 g/mol. The lowest BCUT2D eigenvalue weighted by atomic mass is 10.2. The molecule has 0 aromatic carbocycles. The van der Waals surface area contributed by atoms with Crippen LogP contribution in [0.3, 0.4) is 0 Å². The molecule has 2 rings (SSSR count). The van der Waals surface area contributed by atoms with Gasteiger partial charge in [-0.1, -0.05) is 0 Å². The molecule has 0 N–H and O–H groups in total. The molecule has 1 aliphatic heterocycles. The number of pyridine rings is 1. The summed E-state index contributed by atoms with van der Waals surface area (Å²) in [5, 5.41) is 10.8. The Bertz CT molecular complexity index is 453. The SMILES string of the molecule is Cc1cc(N2CCSCCC2C)ncc1[N+](=O)[O-]. The van der Waals surface area contributed by atoms with Crippen LogP contribution in [0.4, 0.5) is 11.5 Å². The van der Waals surface area contributed by atoms with E-state index in [0.717, 1.165) is 24.5 Å². The van der Waals surface area contributed by atoms with Gasteiger partial charge in [-0.3, -0.25) is 10.1 Å². The predicted molar refractivity (Wildman–Crippen MR) is 74.4 cm³/mol. The fraction of sp³-hybridized carbons (Fsp3) is 0.583. The second kappa shape index (κ2) is 5.56. The number of aromatic nitrogens is 1. The molecule has 1 aliphatic rings. The smallest absolute Gasteiger partial charge is 0.290 e. The number of anilines is 1. The van der Waals surface area contributed by atoms with E-state index in [1.54, 1.807) is 6.92 Å². The van der Waals surface area contributed by atoms with E-state index < -0.39 is 0 Å². The molecule has 1 fully saturated rings. The summed E-state index contributed by atoms with van der Waals surface area (Å²) in [7, 11) is 0. The van der Waals surface area contributed by atoms with E-state index >= 15 is 0 Å². The summed E-state index contributed by atoms with van der Waals surface area (Å²) < 4.78 is 0. The van der Waals surface area contributed by atoms with E-state index in [9.17, 15) is 10.1 Å². The zero-order valence-electron chi connectivity index (χ0n) is 10.6. The second-order valence-electron chi connectivity index (χ2n) is 4.53. The van der Waals surface area contributed by atoms with Crippen LogP contribution in [0, 0.1) is 17.0 Å². The quantitative estimate of drug-likeness (QED) is 0.609. The number of nitro groups is 1. The Balaban J connectivity index is 2.27. The molecule has 0 amide bonds. The van der Waals surface area contributed by atoms with Gasteiger partial charge in [0.1, 0.15) is 12.0 Å². The molecule has 0 spiro atoms. The van der Waals surface area contributed by atoms with Gasteiger partial charge in [-0.2, -0.15) is 11.8 Å². The number of hydrogen-bond donors (Lipinski definition) is 0. The highest BCUT2D eigenvalue weighted by atomic mass is 32.2. The molecule has 0 aliphatic carbocycles. The highest BCUT2D eigenvalue weighted by Gasteiger charge is 2.20. The Morgan fingerprint density at radius 2 is 2.33 bits per heavy atom. The minimum Gasteiger partial charge on any atom is -0.353 e. The largest absolute Gasteiger partial charge is 0.353 e. The van der Waals surface area contributed by atoms with Crippen LogP contribution in [0.25, 0.3) is 0 Å². The summed E-state index contributed by atoms with van der Waals surface area (Å²) >= 11 is 1.95. The second-order valence-corrected chi connectivity index (χ2v) is 5.75. The van der Waals surface area contributed by atoms with Gasteiger partial charge in [-0.05, 0) is 32.1 Å². The van der Waals surface area contributed by atoms with Gasteiger partial charge in [0.25, 0.3) is 5.69 Å². The number of thioether (sulfide) groups is 1. The molecule has 18 heavy (non-hydrogen) atoms. The maximum absolute atomic E-state index is 10.8. The van der Waals surface area contributed by atoms with E-state index in [-0.39, 0.29) is 10.6 Å². The fourth-order valence-electron chi connectivity index (χ4n) is 2.12. The number of rotatable bonds is 2. The molecule has 0 saturated carbocycles. The van der Waals surface area contributed by atoms with Gasteiger partial charge in [0.2, 0.25) is 0 Å². The summed E-state index contributed by atoms with van der Waals surface area (Å²) in [6.07, 6.45) is 2.50. The number of aryl methyl sites for hydroxylation is 1. The molecule has 5 nitrogen and oxygen atoms in total. The third kappa shape index (κ3) is 2.75. The summed E-state index contributed by atoms with van der Waals surface area (Å²) in [5.41, 5.74) is 0.768. The molecule has 98 valence electrons. The molecule has 0 bridgehead atoms. The van der Waals surface area contributed by atoms with Gasteiger partial charge in [0.15, 0.2) is 0 Å². The van der Waals surface area contributed by atoms with Crippen molar-refractivity contribution in [3.05, 3.63) is 27.9 Å². The van der Waals surface area contributed by atoms with Gasteiger partial charge >= 0.3 is 0 Å². The van der Waals surface area contributed by atoms with Crippen LogP contribution in [0.2, 0.25) is 0 Å². The van der Waals surface area contributed by atoms with Crippen LogP contribution in [0.1, 0.15) is 18.9 Å². The van der Waals surface area contributed by atoms with E-state index in [2.05, 4.69) is 16.8 Å². The van der Waals surface area contributed by atoms with E-state index in [1.807, 2.05) is 17.8 Å². The van der Waals surface area contributed by atoms with E-state index in [1.165, 1.54) is 11.9 Å². The van der Waals surface area contributed by atoms with E-state index in [4.69, 9.17) is 0 Å². The number of nitrogens with zero attached hydrogens (tertiary/aromatic N) is 3. The average molecular weight is 267 g/mol. The monoisotopic (exact) mass is 267 g/mol. The van der Waals surface area contributed by atoms with Crippen molar-refractivity contribution in [2.45, 2.75) is 26.3 Å². The van der Waals surface area contributed by atoms with Crippen molar-refractivity contribution in [3.8, 4) is 0 Å². The van der Waals surface area contributed by atoms with Crippen molar-refractivity contribution in [2.24, 2.45) is 0 Å². The summed E-state index contributed by atoms with van der Waals surface area (Å²) in [6.45, 7) is 4.90. The Morgan fingerprint density at radius 1 is 1.56 bits per heavy atom. The van der Waals surface area contributed by atoms with Crippen LogP contribution in [-0.2, 0) is 0 Å². The lowest BCUT2D eigenvalue weighted by Gasteiger charge is -2.28. The van der Waals surface area contributed by atoms with Crippen LogP contribution >= 0.6 is 11.8 Å². The maximum atomic E-state index is 10.8. The van der Waals surface area contributed by atoms with Crippen molar-refractivity contribution < 1.29 is 4.92 Å². The van der Waals surface area contributed by atoms with Crippen LogP contribution in [0.15, 0.2) is 12.3 Å². The van der Waals surface area contributed by atoms with Gasteiger partial charge in [-0.15, -0.1) is 0 Å². The average Bonchev–Trinajstić information content (AvgIpc) is 2.53. The molecule has 1 atom stereocenters. The minimum absolute atomic E-state index is 0.0931. The molecule has 1 unspecified atom stereocenters. The Labute approximate surface area is 111 Å². The van der Waals surface area contributed by atoms with Gasteiger partial charge < -0.3 is 4.90 Å². The van der Waals surface area contributed by atoms with Crippen LogP contribution < -0.4 is 4.90 Å². The Morgan fingerprint density at radius 3 is 3.00 bits per heavy atom. The first kappa shape index (κ1) is 13.1. The third-order valence-electron chi connectivity index (χ3n) is 3.25. The third-order valence-corrected chi connectivity index (χ3v) is 4.24. The molecule has 1 aromatic heterocycles. The first-order valence-corrected chi connectivity index (χ1v) is 7.20. The molecule has 6 heteroatoms. The Kier molecular flexibility index (Phi) is 4.06. The van der Waals surface area contributed by atoms with Crippen molar-refractivity contribution >= 4 is 23.3 Å². The minimum atomic E-state index is -0.381. The zero-order valence-corrected chi connectivity index (χ0v) is 11.4. The lowest BCUT2D eigenvalue weighted by molar-refractivity contribution is -0.385.